The molecule has 0 aliphatic carbocycles. The minimum atomic E-state index is -3.98. The maximum absolute atomic E-state index is 12.5. The van der Waals surface area contributed by atoms with Crippen molar-refractivity contribution < 1.29 is 13.2 Å². The first-order chi connectivity index (χ1) is 9.15. The number of rotatable bonds is 3. The molecule has 2 heterocycles. The maximum atomic E-state index is 12.5. The average molecular weight is 300 g/mol. The van der Waals surface area contributed by atoms with Crippen molar-refractivity contribution in [2.45, 2.75) is 38.5 Å². The monoisotopic (exact) mass is 300 g/mol. The first kappa shape index (κ1) is 15.0. The van der Waals surface area contributed by atoms with Crippen molar-refractivity contribution in [3.63, 3.8) is 0 Å². The van der Waals surface area contributed by atoms with Crippen LogP contribution >= 0.6 is 0 Å². The van der Waals surface area contributed by atoms with Crippen LogP contribution in [0.15, 0.2) is 4.90 Å². The van der Waals surface area contributed by atoms with E-state index in [-0.39, 0.29) is 21.9 Å². The van der Waals surface area contributed by atoms with Gasteiger partial charge in [-0.25, -0.2) is 13.6 Å². The lowest BCUT2D eigenvalue weighted by molar-refractivity contribution is 0.0768. The predicted molar refractivity (Wildman–Crippen MR) is 73.6 cm³/mol. The van der Waals surface area contributed by atoms with Gasteiger partial charge in [0.2, 0.25) is 10.0 Å². The van der Waals surface area contributed by atoms with Crippen LogP contribution in [0, 0.1) is 5.41 Å². The summed E-state index contributed by atoms with van der Waals surface area (Å²) < 4.78 is 23.4. The Hall–Kier alpha value is -1.41. The lowest BCUT2D eigenvalue weighted by Crippen LogP contribution is -2.32. The Morgan fingerprint density at radius 1 is 1.50 bits per heavy atom. The number of primary sulfonamides is 1. The van der Waals surface area contributed by atoms with Crippen LogP contribution in [0.25, 0.3) is 0 Å². The fourth-order valence-electron chi connectivity index (χ4n) is 2.49. The van der Waals surface area contributed by atoms with Crippen LogP contribution in [0.4, 0.5) is 0 Å². The van der Waals surface area contributed by atoms with Gasteiger partial charge in [0.25, 0.3) is 5.91 Å². The fraction of sp³-hybridized carbons (Fsp3) is 0.667. The Bertz CT molecular complexity index is 633. The van der Waals surface area contributed by atoms with Gasteiger partial charge in [-0.15, -0.1) is 0 Å². The fourth-order valence-corrected chi connectivity index (χ4v) is 3.43. The number of hydrogen-bond donors (Lipinski definition) is 2. The minimum Gasteiger partial charge on any atom is -0.337 e. The quantitative estimate of drug-likeness (QED) is 0.846. The van der Waals surface area contributed by atoms with Crippen molar-refractivity contribution in [2.75, 3.05) is 13.1 Å². The lowest BCUT2D eigenvalue weighted by Gasteiger charge is -2.19. The number of nitrogens with two attached hydrogens (primary N) is 1. The molecule has 8 heteroatoms. The molecule has 1 saturated heterocycles. The van der Waals surface area contributed by atoms with E-state index in [4.69, 9.17) is 5.14 Å². The molecule has 0 bridgehead atoms. The molecule has 1 aromatic heterocycles. The molecule has 7 nitrogen and oxygen atoms in total. The van der Waals surface area contributed by atoms with Crippen LogP contribution in [-0.2, 0) is 16.4 Å². The summed E-state index contributed by atoms with van der Waals surface area (Å²) in [5.74, 6) is -0.379. The van der Waals surface area contributed by atoms with E-state index in [1.54, 1.807) is 11.8 Å². The molecule has 112 valence electrons. The highest BCUT2D eigenvalue weighted by Gasteiger charge is 2.36. The molecule has 0 atom stereocenters. The number of aromatic amines is 1. The van der Waals surface area contributed by atoms with Gasteiger partial charge in [0.15, 0.2) is 5.69 Å². The molecule has 1 aliphatic heterocycles. The molecule has 1 fully saturated rings. The Morgan fingerprint density at radius 3 is 2.60 bits per heavy atom. The van der Waals surface area contributed by atoms with Gasteiger partial charge in [0.1, 0.15) is 4.90 Å². The highest BCUT2D eigenvalue weighted by atomic mass is 32.2. The molecule has 3 N–H and O–H groups in total. The van der Waals surface area contributed by atoms with Crippen LogP contribution in [0.1, 0.15) is 43.4 Å². The van der Waals surface area contributed by atoms with Crippen molar-refractivity contribution in [1.29, 1.82) is 0 Å². The number of likely N-dealkylation sites (tertiary alicyclic amines) is 1. The number of nitrogens with zero attached hydrogens (tertiary/aromatic N) is 2. The van der Waals surface area contributed by atoms with Gasteiger partial charge >= 0.3 is 0 Å². The molecule has 0 unspecified atom stereocenters. The molecule has 1 amide bonds. The van der Waals surface area contributed by atoms with E-state index >= 15 is 0 Å². The summed E-state index contributed by atoms with van der Waals surface area (Å²) in [5.41, 5.74) is 0.317. The minimum absolute atomic E-state index is 0.0430. The van der Waals surface area contributed by atoms with Gasteiger partial charge in [-0.3, -0.25) is 9.89 Å². The van der Waals surface area contributed by atoms with E-state index in [0.29, 0.717) is 25.2 Å². The Morgan fingerprint density at radius 2 is 2.15 bits per heavy atom. The van der Waals surface area contributed by atoms with Crippen molar-refractivity contribution >= 4 is 15.9 Å². The van der Waals surface area contributed by atoms with Crippen LogP contribution in [-0.4, -0.2) is 42.5 Å². The molecular weight excluding hydrogens is 280 g/mol. The molecule has 20 heavy (non-hydrogen) atoms. The van der Waals surface area contributed by atoms with E-state index in [1.165, 1.54) is 0 Å². The largest absolute Gasteiger partial charge is 0.337 e. The zero-order chi connectivity index (χ0) is 15.1. The second-order valence-electron chi connectivity index (χ2n) is 5.92. The molecule has 1 aromatic rings. The Balaban J connectivity index is 2.39. The van der Waals surface area contributed by atoms with E-state index in [1.807, 2.05) is 0 Å². The van der Waals surface area contributed by atoms with E-state index < -0.39 is 10.0 Å². The van der Waals surface area contributed by atoms with Crippen molar-refractivity contribution in [3.05, 3.63) is 11.4 Å². The number of hydrogen-bond acceptors (Lipinski definition) is 4. The molecule has 0 aromatic carbocycles. The smallest absolute Gasteiger partial charge is 0.275 e. The summed E-state index contributed by atoms with van der Waals surface area (Å²) in [4.78, 5) is 13.9. The van der Waals surface area contributed by atoms with Crippen molar-refractivity contribution in [1.82, 2.24) is 15.1 Å². The summed E-state index contributed by atoms with van der Waals surface area (Å²) >= 11 is 0. The van der Waals surface area contributed by atoms with Crippen LogP contribution in [0.5, 0.6) is 0 Å². The lowest BCUT2D eigenvalue weighted by atomic mass is 9.93. The van der Waals surface area contributed by atoms with E-state index in [2.05, 4.69) is 24.0 Å². The maximum Gasteiger partial charge on any atom is 0.275 e. The summed E-state index contributed by atoms with van der Waals surface area (Å²) in [7, 11) is -3.98. The third-order valence-corrected chi connectivity index (χ3v) is 4.61. The average Bonchev–Trinajstić information content (AvgIpc) is 2.90. The zero-order valence-corrected chi connectivity index (χ0v) is 12.7. The van der Waals surface area contributed by atoms with Gasteiger partial charge in [0.05, 0.1) is 5.69 Å². The summed E-state index contributed by atoms with van der Waals surface area (Å²) in [6.45, 7) is 7.11. The SMILES string of the molecule is CCc1[nH]nc(C(=O)N2CCC(C)(C)C2)c1S(N)(=O)=O. The topological polar surface area (TPSA) is 109 Å². The van der Waals surface area contributed by atoms with Crippen molar-refractivity contribution in [2.24, 2.45) is 10.6 Å². The van der Waals surface area contributed by atoms with E-state index in [0.717, 1.165) is 6.42 Å². The molecule has 0 spiro atoms. The van der Waals surface area contributed by atoms with Gasteiger partial charge in [0, 0.05) is 13.1 Å². The van der Waals surface area contributed by atoms with Crippen LogP contribution in [0.2, 0.25) is 0 Å². The third-order valence-electron chi connectivity index (χ3n) is 3.60. The Labute approximate surface area is 118 Å². The summed E-state index contributed by atoms with van der Waals surface area (Å²) in [6.07, 6.45) is 1.30. The first-order valence-electron chi connectivity index (χ1n) is 6.55. The highest BCUT2D eigenvalue weighted by Crippen LogP contribution is 2.30. The molecule has 0 radical (unpaired) electrons. The highest BCUT2D eigenvalue weighted by molar-refractivity contribution is 7.89. The van der Waals surface area contributed by atoms with Gasteiger partial charge in [-0.05, 0) is 18.3 Å². The molecule has 2 rings (SSSR count). The number of aromatic nitrogens is 2. The zero-order valence-electron chi connectivity index (χ0n) is 11.9. The number of aryl methyl sites for hydroxylation is 1. The summed E-state index contributed by atoms with van der Waals surface area (Å²) in [5, 5.41) is 11.7. The summed E-state index contributed by atoms with van der Waals surface area (Å²) in [6, 6.07) is 0. The Kier molecular flexibility index (Phi) is 3.64. The first-order valence-corrected chi connectivity index (χ1v) is 8.09. The number of sulfonamides is 1. The molecule has 0 saturated carbocycles. The second-order valence-corrected chi connectivity index (χ2v) is 7.42. The number of carbonyl (C=O) groups excluding carboxylic acids is 1. The number of H-pyrrole nitrogens is 1. The van der Waals surface area contributed by atoms with Crippen LogP contribution < -0.4 is 5.14 Å². The number of carbonyl (C=O) groups is 1. The number of nitrogens with one attached hydrogen (secondary N) is 1. The standard InChI is InChI=1S/C12H20N4O3S/c1-4-8-10(20(13,18)19)9(15-14-8)11(17)16-6-5-12(2,3)7-16/h4-7H2,1-3H3,(H,14,15)(H2,13,18,19). The van der Waals surface area contributed by atoms with Crippen molar-refractivity contribution in [3.8, 4) is 0 Å². The van der Waals surface area contributed by atoms with Gasteiger partial charge in [-0.1, -0.05) is 20.8 Å². The van der Waals surface area contributed by atoms with Crippen LogP contribution in [0.3, 0.4) is 0 Å². The third kappa shape index (κ3) is 2.71. The predicted octanol–water partition coefficient (Wildman–Crippen LogP) is 0.492. The normalized spacial score (nSPS) is 18.5. The molecular formula is C12H20N4O3S. The number of amides is 1. The van der Waals surface area contributed by atoms with Gasteiger partial charge < -0.3 is 4.90 Å². The van der Waals surface area contributed by atoms with Gasteiger partial charge in [-0.2, -0.15) is 5.10 Å². The second kappa shape index (κ2) is 4.85. The molecule has 1 aliphatic rings. The van der Waals surface area contributed by atoms with E-state index in [9.17, 15) is 13.2 Å².